The van der Waals surface area contributed by atoms with Crippen LogP contribution >= 0.6 is 23.2 Å². The Bertz CT molecular complexity index is 1350. The van der Waals surface area contributed by atoms with Gasteiger partial charge in [0.25, 0.3) is 0 Å². The first-order chi connectivity index (χ1) is 19.2. The number of alkyl halides is 3. The lowest BCUT2D eigenvalue weighted by molar-refractivity contribution is -0.184. The number of likely N-dealkylation sites (tertiary alicyclic amines) is 2. The minimum Gasteiger partial charge on any atom is -0.394 e. The van der Waals surface area contributed by atoms with Crippen molar-refractivity contribution in [2.45, 2.75) is 37.9 Å². The predicted molar refractivity (Wildman–Crippen MR) is 152 cm³/mol. The largest absolute Gasteiger partial charge is 0.394 e. The quantitative estimate of drug-likeness (QED) is 0.356. The summed E-state index contributed by atoms with van der Waals surface area (Å²) in [5, 5.41) is 23.5. The number of nitrogens with zero attached hydrogens (tertiary/aromatic N) is 3. The highest BCUT2D eigenvalue weighted by Crippen LogP contribution is 2.36. The third kappa shape index (κ3) is 6.01. The molecular weight excluding hydrogens is 562 g/mol. The molecule has 5 rings (SSSR count). The molecule has 0 bridgehead atoms. The van der Waals surface area contributed by atoms with Crippen molar-refractivity contribution in [3.05, 3.63) is 87.4 Å². The Kier molecular flexibility index (Phi) is 8.44. The lowest BCUT2D eigenvalue weighted by Crippen LogP contribution is -2.45. The molecule has 212 valence electrons. The summed E-state index contributed by atoms with van der Waals surface area (Å²) in [5.74, 6) is 0.257. The molecule has 11 heteroatoms. The molecule has 40 heavy (non-hydrogen) atoms. The van der Waals surface area contributed by atoms with Crippen LogP contribution in [0.25, 0.3) is 5.57 Å². The standard InChI is InChI=1S/C29H30Cl2F3N5O/c30-20-9-7-18(8-10-20)26(27(35)22-5-1-2-6-23(22)31)28-36-24(38-14-11-19(12-15-38)29(32,33)34)16-25(37-28)39-13-3-4-21(39)17-40/h1-2,5-10,16,19,21,35-36,40H,3-4,11-15,17H2/b28-26+,35-27?. The van der Waals surface area contributed by atoms with E-state index in [0.717, 1.165) is 12.8 Å². The molecular formula is C29H30Cl2F3N5O. The molecule has 6 nitrogen and oxygen atoms in total. The van der Waals surface area contributed by atoms with Crippen LogP contribution in [0.15, 0.2) is 71.2 Å². The van der Waals surface area contributed by atoms with Gasteiger partial charge in [-0.25, -0.2) is 4.99 Å². The fraction of sp³-hybridized carbons (Fsp3) is 0.379. The molecule has 3 aliphatic rings. The molecule has 0 aromatic heterocycles. The molecule has 2 fully saturated rings. The van der Waals surface area contributed by atoms with E-state index in [-0.39, 0.29) is 44.3 Å². The van der Waals surface area contributed by atoms with Gasteiger partial charge >= 0.3 is 6.18 Å². The molecule has 2 aromatic rings. The fourth-order valence-corrected chi connectivity index (χ4v) is 5.84. The number of aliphatic hydroxyl groups excluding tert-OH is 1. The monoisotopic (exact) mass is 591 g/mol. The molecule has 2 saturated heterocycles. The van der Waals surface area contributed by atoms with Crippen LogP contribution in [0.4, 0.5) is 13.2 Å². The lowest BCUT2D eigenvalue weighted by Gasteiger charge is -2.38. The normalized spacial score (nSPS) is 21.6. The van der Waals surface area contributed by atoms with Crippen LogP contribution < -0.4 is 5.32 Å². The molecule has 2 aromatic carbocycles. The van der Waals surface area contributed by atoms with E-state index < -0.39 is 12.1 Å². The average Bonchev–Trinajstić information content (AvgIpc) is 3.43. The number of nitrogens with one attached hydrogen (secondary N) is 2. The van der Waals surface area contributed by atoms with E-state index in [1.807, 2.05) is 15.9 Å². The van der Waals surface area contributed by atoms with E-state index in [1.165, 1.54) is 0 Å². The Morgan fingerprint density at radius 2 is 1.73 bits per heavy atom. The second kappa shape index (κ2) is 11.8. The highest BCUT2D eigenvalue weighted by Gasteiger charge is 2.42. The number of halogens is 5. The first-order valence-electron chi connectivity index (χ1n) is 13.3. The van der Waals surface area contributed by atoms with Crippen molar-refractivity contribution < 1.29 is 18.3 Å². The summed E-state index contributed by atoms with van der Waals surface area (Å²) >= 11 is 12.7. The van der Waals surface area contributed by atoms with Gasteiger partial charge in [-0.15, -0.1) is 0 Å². The third-order valence-electron chi connectivity index (χ3n) is 7.68. The van der Waals surface area contributed by atoms with Crippen molar-refractivity contribution in [3.8, 4) is 0 Å². The summed E-state index contributed by atoms with van der Waals surface area (Å²) in [6.45, 7) is 1.11. The molecule has 3 heterocycles. The molecule has 0 spiro atoms. The van der Waals surface area contributed by atoms with Gasteiger partial charge in [-0.05, 0) is 49.4 Å². The summed E-state index contributed by atoms with van der Waals surface area (Å²) in [5.41, 5.74) is 1.79. The SMILES string of the molecule is N=C(/C(=C1/N=C(N2CCCC2CO)C=C(N2CCC(C(F)(F)F)CC2)N1)c1ccc(Cl)cc1)c1ccccc1Cl. The van der Waals surface area contributed by atoms with Crippen LogP contribution in [0.1, 0.15) is 36.8 Å². The van der Waals surface area contributed by atoms with Gasteiger partial charge in [-0.2, -0.15) is 13.2 Å². The van der Waals surface area contributed by atoms with Gasteiger partial charge in [0.15, 0.2) is 0 Å². The van der Waals surface area contributed by atoms with Crippen LogP contribution in [0.5, 0.6) is 0 Å². The van der Waals surface area contributed by atoms with Crippen LogP contribution in [0.3, 0.4) is 0 Å². The zero-order valence-electron chi connectivity index (χ0n) is 21.7. The van der Waals surface area contributed by atoms with Crippen LogP contribution in [-0.4, -0.2) is 64.9 Å². The maximum atomic E-state index is 13.4. The summed E-state index contributed by atoms with van der Waals surface area (Å²) < 4.78 is 40.1. The smallest absolute Gasteiger partial charge is 0.391 e. The van der Waals surface area contributed by atoms with Crippen molar-refractivity contribution >= 4 is 40.3 Å². The first-order valence-corrected chi connectivity index (χ1v) is 14.0. The zero-order chi connectivity index (χ0) is 28.4. The first kappa shape index (κ1) is 28.5. The van der Waals surface area contributed by atoms with E-state index >= 15 is 0 Å². The van der Waals surface area contributed by atoms with E-state index in [4.69, 9.17) is 28.2 Å². The van der Waals surface area contributed by atoms with Gasteiger partial charge in [0.1, 0.15) is 17.5 Å². The Hall–Kier alpha value is -3.01. The number of aliphatic imine (C=N–C) groups is 1. The van der Waals surface area contributed by atoms with E-state index in [2.05, 4.69) is 5.32 Å². The zero-order valence-corrected chi connectivity index (χ0v) is 23.2. The number of hydrogen-bond donors (Lipinski definition) is 3. The number of aliphatic hydroxyl groups is 1. The van der Waals surface area contributed by atoms with Gasteiger partial charge in [-0.1, -0.05) is 53.5 Å². The van der Waals surface area contributed by atoms with Gasteiger partial charge in [-0.3, -0.25) is 5.41 Å². The minimum atomic E-state index is -4.21. The molecule has 0 radical (unpaired) electrons. The molecule has 0 amide bonds. The number of amidine groups is 1. The highest BCUT2D eigenvalue weighted by atomic mass is 35.5. The van der Waals surface area contributed by atoms with Crippen molar-refractivity contribution in [1.82, 2.24) is 15.1 Å². The summed E-state index contributed by atoms with van der Waals surface area (Å²) in [4.78, 5) is 8.87. The number of piperidine rings is 1. The van der Waals surface area contributed by atoms with Crippen LogP contribution in [0, 0.1) is 11.3 Å². The van der Waals surface area contributed by atoms with Crippen molar-refractivity contribution in [1.29, 1.82) is 5.41 Å². The number of rotatable bonds is 5. The van der Waals surface area contributed by atoms with Crippen molar-refractivity contribution in [3.63, 3.8) is 0 Å². The number of hydrogen-bond acceptors (Lipinski definition) is 6. The van der Waals surface area contributed by atoms with E-state index in [1.54, 1.807) is 48.5 Å². The maximum Gasteiger partial charge on any atom is 0.391 e. The van der Waals surface area contributed by atoms with Crippen molar-refractivity contribution in [2.24, 2.45) is 10.9 Å². The average molecular weight is 592 g/mol. The molecule has 0 aliphatic carbocycles. The second-order valence-electron chi connectivity index (χ2n) is 10.2. The summed E-state index contributed by atoms with van der Waals surface area (Å²) in [6, 6.07) is 14.0. The van der Waals surface area contributed by atoms with Gasteiger partial charge in [0, 0.05) is 41.3 Å². The minimum absolute atomic E-state index is 0.00346. The topological polar surface area (TPSA) is 75.0 Å². The fourth-order valence-electron chi connectivity index (χ4n) is 5.48. The van der Waals surface area contributed by atoms with Gasteiger partial charge < -0.3 is 20.2 Å². The molecule has 1 unspecified atom stereocenters. The maximum absolute atomic E-state index is 13.4. The lowest BCUT2D eigenvalue weighted by atomic mass is 9.95. The van der Waals surface area contributed by atoms with E-state index in [0.29, 0.717) is 50.8 Å². The molecule has 3 aliphatic heterocycles. The van der Waals surface area contributed by atoms with E-state index in [9.17, 15) is 23.7 Å². The van der Waals surface area contributed by atoms with Gasteiger partial charge in [0.05, 0.1) is 29.9 Å². The molecule has 1 atom stereocenters. The summed E-state index contributed by atoms with van der Waals surface area (Å²) in [6.07, 6.45) is -0.692. The molecule has 3 N–H and O–H groups in total. The Labute approximate surface area is 241 Å². The number of benzene rings is 2. The van der Waals surface area contributed by atoms with Gasteiger partial charge in [0.2, 0.25) is 0 Å². The Morgan fingerprint density at radius 1 is 1.02 bits per heavy atom. The Morgan fingerprint density at radius 3 is 2.38 bits per heavy atom. The third-order valence-corrected chi connectivity index (χ3v) is 8.26. The predicted octanol–water partition coefficient (Wildman–Crippen LogP) is 6.30. The second-order valence-corrected chi connectivity index (χ2v) is 11.0. The highest BCUT2D eigenvalue weighted by molar-refractivity contribution is 6.40. The Balaban J connectivity index is 1.61. The molecule has 0 saturated carbocycles. The number of allylic oxidation sites excluding steroid dienone is 1. The van der Waals surface area contributed by atoms with Crippen LogP contribution in [-0.2, 0) is 0 Å². The van der Waals surface area contributed by atoms with Crippen LogP contribution in [0.2, 0.25) is 10.0 Å². The summed E-state index contributed by atoms with van der Waals surface area (Å²) in [7, 11) is 0. The van der Waals surface area contributed by atoms with Crippen molar-refractivity contribution in [2.75, 3.05) is 26.2 Å².